The van der Waals surface area contributed by atoms with Crippen molar-refractivity contribution in [1.82, 2.24) is 15.1 Å². The van der Waals surface area contributed by atoms with Gasteiger partial charge in [0.15, 0.2) is 6.04 Å². The Kier molecular flexibility index (Phi) is 5.82. The first kappa shape index (κ1) is 20.3. The van der Waals surface area contributed by atoms with E-state index >= 15 is 0 Å². The molecular formula is C23H25N3O3. The van der Waals surface area contributed by atoms with Crippen LogP contribution in [0.1, 0.15) is 50.0 Å². The van der Waals surface area contributed by atoms with Gasteiger partial charge in [-0.2, -0.15) is 5.10 Å². The van der Waals surface area contributed by atoms with Crippen molar-refractivity contribution in [2.45, 2.75) is 40.3 Å². The topological polar surface area (TPSA) is 84.2 Å². The molecule has 0 aliphatic rings. The Hall–Kier alpha value is -3.41. The normalized spacial score (nSPS) is 11.9. The fraction of sp³-hybridized carbons (Fsp3) is 0.261. The van der Waals surface area contributed by atoms with E-state index in [0.717, 1.165) is 28.1 Å². The van der Waals surface area contributed by atoms with Gasteiger partial charge in [0, 0.05) is 11.3 Å². The van der Waals surface area contributed by atoms with Gasteiger partial charge in [-0.15, -0.1) is 0 Å². The molecular weight excluding hydrogens is 366 g/mol. The summed E-state index contributed by atoms with van der Waals surface area (Å²) in [5.41, 5.74) is 6.06. The summed E-state index contributed by atoms with van der Waals surface area (Å²) in [6.45, 7) is 8.44. The Morgan fingerprint density at radius 2 is 1.69 bits per heavy atom. The Morgan fingerprint density at radius 3 is 2.24 bits per heavy atom. The minimum Gasteiger partial charge on any atom is -0.479 e. The number of nitrogens with zero attached hydrogens (tertiary/aromatic N) is 2. The van der Waals surface area contributed by atoms with Crippen LogP contribution in [0.2, 0.25) is 0 Å². The van der Waals surface area contributed by atoms with Crippen LogP contribution < -0.4 is 5.32 Å². The maximum Gasteiger partial charge on any atom is 0.330 e. The molecule has 3 rings (SSSR count). The van der Waals surface area contributed by atoms with Crippen LogP contribution in [0.15, 0.2) is 48.5 Å². The number of nitrogens with one attached hydrogen (secondary N) is 1. The van der Waals surface area contributed by atoms with Crippen molar-refractivity contribution >= 4 is 11.9 Å². The van der Waals surface area contributed by atoms with Crippen LogP contribution >= 0.6 is 0 Å². The summed E-state index contributed by atoms with van der Waals surface area (Å²) < 4.78 is 1.91. The van der Waals surface area contributed by atoms with Gasteiger partial charge in [-0.25, -0.2) is 4.79 Å². The number of aryl methyl sites for hydroxylation is 4. The first-order valence-corrected chi connectivity index (χ1v) is 9.45. The van der Waals surface area contributed by atoms with Crippen LogP contribution in [0.5, 0.6) is 0 Å². The summed E-state index contributed by atoms with van der Waals surface area (Å²) in [4.78, 5) is 24.3. The van der Waals surface area contributed by atoms with Crippen LogP contribution in [0.25, 0.3) is 0 Å². The molecule has 1 atom stereocenters. The Morgan fingerprint density at radius 1 is 1.00 bits per heavy atom. The van der Waals surface area contributed by atoms with Crippen LogP contribution in [-0.2, 0) is 11.3 Å². The lowest BCUT2D eigenvalue weighted by Gasteiger charge is -2.16. The predicted octanol–water partition coefficient (Wildman–Crippen LogP) is 3.72. The zero-order valence-corrected chi connectivity index (χ0v) is 17.1. The molecule has 0 bridgehead atoms. The molecule has 6 heteroatoms. The number of benzene rings is 2. The van der Waals surface area contributed by atoms with E-state index < -0.39 is 17.9 Å². The highest BCUT2D eigenvalue weighted by Crippen LogP contribution is 2.18. The number of rotatable bonds is 6. The van der Waals surface area contributed by atoms with Crippen molar-refractivity contribution in [2.24, 2.45) is 0 Å². The summed E-state index contributed by atoms with van der Waals surface area (Å²) in [6.07, 6.45) is 0. The molecule has 0 saturated heterocycles. The Labute approximate surface area is 170 Å². The third kappa shape index (κ3) is 4.71. The lowest BCUT2D eigenvalue weighted by Crippen LogP contribution is -2.33. The lowest BCUT2D eigenvalue weighted by molar-refractivity contribution is -0.139. The molecule has 1 unspecified atom stereocenters. The second-order valence-corrected chi connectivity index (χ2v) is 7.37. The van der Waals surface area contributed by atoms with Gasteiger partial charge >= 0.3 is 5.97 Å². The van der Waals surface area contributed by atoms with E-state index in [1.807, 2.05) is 56.6 Å². The number of carbonyl (C=O) groups excluding carboxylic acids is 1. The number of hydrogen-bond donors (Lipinski definition) is 2. The molecule has 2 N–H and O–H groups in total. The van der Waals surface area contributed by atoms with Crippen LogP contribution in [-0.4, -0.2) is 26.8 Å². The third-order valence-corrected chi connectivity index (χ3v) is 5.04. The minimum absolute atomic E-state index is 0.414. The molecule has 2 aromatic carbocycles. The average molecular weight is 391 g/mol. The van der Waals surface area contributed by atoms with Crippen molar-refractivity contribution in [1.29, 1.82) is 0 Å². The highest BCUT2D eigenvalue weighted by atomic mass is 16.4. The minimum atomic E-state index is -1.10. The van der Waals surface area contributed by atoms with Gasteiger partial charge in [0.05, 0.1) is 12.2 Å². The summed E-state index contributed by atoms with van der Waals surface area (Å²) in [7, 11) is 0. The molecule has 0 radical (unpaired) electrons. The van der Waals surface area contributed by atoms with Gasteiger partial charge in [-0.3, -0.25) is 9.48 Å². The quantitative estimate of drug-likeness (QED) is 0.671. The maximum absolute atomic E-state index is 12.6. The van der Waals surface area contributed by atoms with E-state index in [4.69, 9.17) is 0 Å². The largest absolute Gasteiger partial charge is 0.479 e. The van der Waals surface area contributed by atoms with E-state index in [0.29, 0.717) is 17.7 Å². The number of aliphatic carboxylic acids is 1. The molecule has 0 spiro atoms. The Balaban J connectivity index is 1.74. The highest BCUT2D eigenvalue weighted by Gasteiger charge is 2.23. The SMILES string of the molecule is Cc1cc(C)n(Cc2ccc(C(=O)NC(C(=O)O)c3ccc(C)c(C)c3)cc2)n1. The molecule has 1 aromatic heterocycles. The smallest absolute Gasteiger partial charge is 0.330 e. The van der Waals surface area contributed by atoms with Gasteiger partial charge in [0.1, 0.15) is 0 Å². The van der Waals surface area contributed by atoms with Crippen molar-refractivity contribution < 1.29 is 14.7 Å². The van der Waals surface area contributed by atoms with E-state index in [2.05, 4.69) is 10.4 Å². The first-order chi connectivity index (χ1) is 13.7. The monoisotopic (exact) mass is 391 g/mol. The molecule has 0 fully saturated rings. The molecule has 3 aromatic rings. The summed E-state index contributed by atoms with van der Waals surface area (Å²) in [5, 5.41) is 16.7. The molecule has 0 saturated carbocycles. The molecule has 150 valence electrons. The van der Waals surface area contributed by atoms with Gasteiger partial charge in [-0.05, 0) is 68.1 Å². The first-order valence-electron chi connectivity index (χ1n) is 9.45. The molecule has 1 heterocycles. The lowest BCUT2D eigenvalue weighted by atomic mass is 10.0. The zero-order chi connectivity index (χ0) is 21.1. The van der Waals surface area contributed by atoms with Crippen molar-refractivity contribution in [2.75, 3.05) is 0 Å². The standard InChI is InChI=1S/C23H25N3O3/c1-14-5-8-20(11-15(14)2)21(23(28)29)24-22(27)19-9-6-18(7-10-19)13-26-17(4)12-16(3)25-26/h5-12,21H,13H2,1-4H3,(H,24,27)(H,28,29). The number of hydrogen-bond acceptors (Lipinski definition) is 3. The zero-order valence-electron chi connectivity index (χ0n) is 17.1. The second kappa shape index (κ2) is 8.31. The van der Waals surface area contributed by atoms with E-state index in [1.54, 1.807) is 24.3 Å². The fourth-order valence-electron chi connectivity index (χ4n) is 3.22. The van der Waals surface area contributed by atoms with Gasteiger partial charge in [-0.1, -0.05) is 30.3 Å². The number of aromatic nitrogens is 2. The highest BCUT2D eigenvalue weighted by molar-refractivity contribution is 5.96. The molecule has 0 aliphatic carbocycles. The molecule has 1 amide bonds. The predicted molar refractivity (Wildman–Crippen MR) is 111 cm³/mol. The van der Waals surface area contributed by atoms with Crippen LogP contribution in [0.3, 0.4) is 0 Å². The van der Waals surface area contributed by atoms with Crippen molar-refractivity contribution in [3.63, 3.8) is 0 Å². The summed E-state index contributed by atoms with van der Waals surface area (Å²) in [6, 6.07) is 13.4. The van der Waals surface area contributed by atoms with Crippen LogP contribution in [0, 0.1) is 27.7 Å². The van der Waals surface area contributed by atoms with Crippen molar-refractivity contribution in [3.05, 3.63) is 87.7 Å². The number of carboxylic acid groups (broad SMARTS) is 1. The van der Waals surface area contributed by atoms with Gasteiger partial charge in [0.25, 0.3) is 5.91 Å². The number of carboxylic acids is 1. The fourth-order valence-corrected chi connectivity index (χ4v) is 3.22. The van der Waals surface area contributed by atoms with Crippen molar-refractivity contribution in [3.8, 4) is 0 Å². The number of carbonyl (C=O) groups is 2. The van der Waals surface area contributed by atoms with E-state index in [-0.39, 0.29) is 0 Å². The molecule has 29 heavy (non-hydrogen) atoms. The molecule has 6 nitrogen and oxygen atoms in total. The van der Waals surface area contributed by atoms with Gasteiger partial charge < -0.3 is 10.4 Å². The summed E-state index contributed by atoms with van der Waals surface area (Å²) >= 11 is 0. The second-order valence-electron chi connectivity index (χ2n) is 7.37. The van der Waals surface area contributed by atoms with E-state index in [1.165, 1.54) is 0 Å². The maximum atomic E-state index is 12.6. The van der Waals surface area contributed by atoms with Gasteiger partial charge in [0.2, 0.25) is 0 Å². The third-order valence-electron chi connectivity index (χ3n) is 5.04. The average Bonchev–Trinajstić information content (AvgIpc) is 2.99. The number of amides is 1. The summed E-state index contributed by atoms with van der Waals surface area (Å²) in [5.74, 6) is -1.52. The van der Waals surface area contributed by atoms with E-state index in [9.17, 15) is 14.7 Å². The Bertz CT molecular complexity index is 1050. The molecule has 0 aliphatic heterocycles. The van der Waals surface area contributed by atoms with Crippen LogP contribution in [0.4, 0.5) is 0 Å².